The van der Waals surface area contributed by atoms with Gasteiger partial charge in [-0.05, 0) is 36.5 Å². The average molecular weight is 652 g/mol. The summed E-state index contributed by atoms with van der Waals surface area (Å²) in [6, 6.07) is 3.39. The maximum Gasteiger partial charge on any atom is 0.258 e. The van der Waals surface area contributed by atoms with Crippen LogP contribution in [0.3, 0.4) is 0 Å². The molecule has 0 bridgehead atoms. The molecule has 6 unspecified atom stereocenters. The van der Waals surface area contributed by atoms with E-state index in [2.05, 4.69) is 0 Å². The zero-order valence-corrected chi connectivity index (χ0v) is 22.7. The van der Waals surface area contributed by atoms with Crippen molar-refractivity contribution in [2.24, 2.45) is 17.8 Å². The Morgan fingerprint density at radius 3 is 2.05 bits per heavy atom. The molecule has 220 valence electrons. The summed E-state index contributed by atoms with van der Waals surface area (Å²) in [6.07, 6.45) is 0.570. The van der Waals surface area contributed by atoms with Gasteiger partial charge in [-0.2, -0.15) is 5.06 Å². The smallest absolute Gasteiger partial charge is 0.258 e. The Bertz CT molecular complexity index is 1680. The molecule has 42 heavy (non-hydrogen) atoms. The van der Waals surface area contributed by atoms with Crippen molar-refractivity contribution < 1.29 is 51.4 Å². The first-order valence-electron chi connectivity index (χ1n) is 12.1. The molecule has 0 radical (unpaired) electrons. The van der Waals surface area contributed by atoms with Crippen LogP contribution in [0, 0.1) is 46.8 Å². The number of hydrogen-bond acceptors (Lipinski definition) is 6. The lowest BCUT2D eigenvalue weighted by Crippen LogP contribution is -2.60. The van der Waals surface area contributed by atoms with Crippen LogP contribution in [0.25, 0.3) is 0 Å². The van der Waals surface area contributed by atoms with E-state index in [1.54, 1.807) is 0 Å². The topological polar surface area (TPSA) is 115 Å². The Hall–Kier alpha value is -3.26. The lowest BCUT2D eigenvalue weighted by Gasteiger charge is -2.50. The van der Waals surface area contributed by atoms with E-state index in [1.807, 2.05) is 0 Å². The zero-order valence-electron chi connectivity index (χ0n) is 20.5. The van der Waals surface area contributed by atoms with Crippen molar-refractivity contribution in [3.05, 3.63) is 69.5 Å². The van der Waals surface area contributed by atoms with E-state index in [0.717, 1.165) is 12.1 Å². The predicted molar refractivity (Wildman–Crippen MR) is 133 cm³/mol. The van der Waals surface area contributed by atoms with Crippen LogP contribution in [0.4, 0.5) is 27.6 Å². The van der Waals surface area contributed by atoms with Crippen LogP contribution in [0.1, 0.15) is 24.3 Å². The van der Waals surface area contributed by atoms with E-state index < -0.39 is 98.2 Å². The molecule has 2 saturated heterocycles. The fraction of sp³-hybridized carbons (Fsp3) is 0.308. The number of benzene rings is 2. The van der Waals surface area contributed by atoms with Gasteiger partial charge in [0.1, 0.15) is 11.4 Å². The van der Waals surface area contributed by atoms with E-state index in [-0.39, 0.29) is 38.3 Å². The number of imide groups is 2. The van der Waals surface area contributed by atoms with Gasteiger partial charge in [-0.1, -0.05) is 29.3 Å². The summed E-state index contributed by atoms with van der Waals surface area (Å²) in [5, 5.41) is 19.7. The molecular weight excluding hydrogens is 638 g/mol. The number of halogens is 8. The molecule has 2 heterocycles. The minimum atomic E-state index is -2.74. The lowest BCUT2D eigenvalue weighted by atomic mass is 9.56. The number of hydrogen-bond donors (Lipinski definition) is 2. The number of anilines is 1. The highest BCUT2D eigenvalue weighted by atomic mass is 35.5. The van der Waals surface area contributed by atoms with Crippen LogP contribution in [0.5, 0.6) is 5.75 Å². The Balaban J connectivity index is 1.63. The molecule has 0 aromatic heterocycles. The standard InChI is InChI=1S/C26H14Cl3F5N2O6/c27-12-5-7(37)1-2-9(12)14-8-3-4-10-13(22(39)36(42)21(10)38)11(8)6-25(28)23(40)35(24(41)26(14,25)29)20-18(33)16(31)15(30)17(32)19(20)34/h1-3,5,10-11,13-14,37,42H,4,6H2. The Labute approximate surface area is 246 Å². The van der Waals surface area contributed by atoms with Crippen molar-refractivity contribution in [3.8, 4) is 5.75 Å². The quantitative estimate of drug-likeness (QED) is 0.0927. The Morgan fingerprint density at radius 1 is 0.857 bits per heavy atom. The fourth-order valence-corrected chi connectivity index (χ4v) is 7.86. The second kappa shape index (κ2) is 9.12. The number of fused-ring (bicyclic) bond motifs is 4. The van der Waals surface area contributed by atoms with Crippen LogP contribution < -0.4 is 4.90 Å². The largest absolute Gasteiger partial charge is 0.508 e. The summed E-state index contributed by atoms with van der Waals surface area (Å²) in [5.41, 5.74) is -1.82. The van der Waals surface area contributed by atoms with Crippen molar-refractivity contribution in [1.29, 1.82) is 0 Å². The van der Waals surface area contributed by atoms with Crippen LogP contribution >= 0.6 is 34.8 Å². The number of aromatic hydroxyl groups is 1. The zero-order chi connectivity index (χ0) is 30.8. The maximum absolute atomic E-state index is 14.9. The number of carbonyl (C=O) groups excluding carboxylic acids is 4. The molecule has 0 spiro atoms. The van der Waals surface area contributed by atoms with E-state index >= 15 is 0 Å². The summed E-state index contributed by atoms with van der Waals surface area (Å²) < 4.78 is 72.1. The number of allylic oxidation sites excluding steroid dienone is 2. The van der Waals surface area contributed by atoms with Crippen LogP contribution in [-0.4, -0.2) is 48.8 Å². The van der Waals surface area contributed by atoms with Gasteiger partial charge in [0.05, 0.1) is 11.8 Å². The van der Waals surface area contributed by atoms with Gasteiger partial charge in [0.2, 0.25) is 5.82 Å². The summed E-state index contributed by atoms with van der Waals surface area (Å²) >= 11 is 20.2. The first kappa shape index (κ1) is 28.8. The van der Waals surface area contributed by atoms with Gasteiger partial charge in [0.25, 0.3) is 23.6 Å². The first-order chi connectivity index (χ1) is 19.6. The minimum Gasteiger partial charge on any atom is -0.508 e. The molecule has 4 aliphatic rings. The van der Waals surface area contributed by atoms with Gasteiger partial charge in [-0.3, -0.25) is 24.4 Å². The maximum atomic E-state index is 14.9. The first-order valence-corrected chi connectivity index (χ1v) is 13.3. The molecule has 2 aromatic carbocycles. The number of carbonyl (C=O) groups is 4. The lowest BCUT2D eigenvalue weighted by molar-refractivity contribution is -0.173. The molecule has 3 fully saturated rings. The molecule has 1 saturated carbocycles. The van der Waals surface area contributed by atoms with Gasteiger partial charge in [-0.25, -0.2) is 26.9 Å². The van der Waals surface area contributed by atoms with Gasteiger partial charge in [0.15, 0.2) is 33.0 Å². The monoisotopic (exact) mass is 650 g/mol. The van der Waals surface area contributed by atoms with E-state index in [9.17, 15) is 51.4 Å². The third kappa shape index (κ3) is 3.33. The van der Waals surface area contributed by atoms with Crippen molar-refractivity contribution in [2.75, 3.05) is 4.90 Å². The highest BCUT2D eigenvalue weighted by molar-refractivity contribution is 6.58. The van der Waals surface area contributed by atoms with Crippen molar-refractivity contribution >= 4 is 64.1 Å². The number of hydroxylamine groups is 2. The summed E-state index contributed by atoms with van der Waals surface area (Å²) in [4.78, 5) is 47.7. The van der Waals surface area contributed by atoms with Crippen LogP contribution in [0.15, 0.2) is 29.8 Å². The van der Waals surface area contributed by atoms with Gasteiger partial charge in [-0.15, -0.1) is 23.2 Å². The van der Waals surface area contributed by atoms with Crippen molar-refractivity contribution in [3.63, 3.8) is 0 Å². The highest BCUT2D eigenvalue weighted by Gasteiger charge is 2.77. The molecule has 6 atom stereocenters. The SMILES string of the molecule is O=C1C2CC=C3C(CC4(Cl)C(=O)N(c5c(F)c(F)c(F)c(F)c5F)C(=O)C4(Cl)C3c3ccc(O)cc3Cl)C2C(=O)N1O. The summed E-state index contributed by atoms with van der Waals surface area (Å²) in [6.45, 7) is 0. The normalized spacial score (nSPS) is 32.3. The van der Waals surface area contributed by atoms with E-state index in [4.69, 9.17) is 34.8 Å². The third-order valence-electron chi connectivity index (χ3n) is 8.49. The van der Waals surface area contributed by atoms with Crippen molar-refractivity contribution in [2.45, 2.75) is 28.5 Å². The number of amides is 4. The highest BCUT2D eigenvalue weighted by Crippen LogP contribution is 2.66. The number of phenolic OH excluding ortho intramolecular Hbond substituents is 1. The Kier molecular flexibility index (Phi) is 6.26. The predicted octanol–water partition coefficient (Wildman–Crippen LogP) is 4.69. The molecule has 16 heteroatoms. The number of phenols is 1. The number of nitrogens with zero attached hydrogens (tertiary/aromatic N) is 2. The third-order valence-corrected chi connectivity index (χ3v) is 10.2. The average Bonchev–Trinajstić information content (AvgIpc) is 3.25. The van der Waals surface area contributed by atoms with Crippen LogP contribution in [0.2, 0.25) is 5.02 Å². The second-order valence-electron chi connectivity index (χ2n) is 10.4. The number of alkyl halides is 2. The molecular formula is C26H14Cl3F5N2O6. The molecule has 2 aliphatic heterocycles. The Morgan fingerprint density at radius 2 is 1.45 bits per heavy atom. The van der Waals surface area contributed by atoms with Crippen LogP contribution in [-0.2, 0) is 19.2 Å². The fourth-order valence-electron chi connectivity index (χ4n) is 6.65. The molecule has 2 N–H and O–H groups in total. The molecule has 4 amide bonds. The molecule has 6 rings (SSSR count). The molecule has 8 nitrogen and oxygen atoms in total. The van der Waals surface area contributed by atoms with Gasteiger partial charge in [0, 0.05) is 10.9 Å². The van der Waals surface area contributed by atoms with E-state index in [1.165, 1.54) is 12.1 Å². The second-order valence-corrected chi connectivity index (χ2v) is 12.0. The summed E-state index contributed by atoms with van der Waals surface area (Å²) in [7, 11) is 0. The molecule has 2 aliphatic carbocycles. The summed E-state index contributed by atoms with van der Waals surface area (Å²) in [5.74, 6) is -23.3. The van der Waals surface area contributed by atoms with E-state index in [0.29, 0.717) is 0 Å². The molecule has 2 aromatic rings. The minimum absolute atomic E-state index is 0.0538. The van der Waals surface area contributed by atoms with Gasteiger partial charge >= 0.3 is 0 Å². The number of rotatable bonds is 2. The van der Waals surface area contributed by atoms with Gasteiger partial charge < -0.3 is 5.11 Å². The van der Waals surface area contributed by atoms with Crippen molar-refractivity contribution in [1.82, 2.24) is 5.06 Å².